The van der Waals surface area contributed by atoms with Gasteiger partial charge >= 0.3 is 0 Å². The van der Waals surface area contributed by atoms with E-state index in [0.29, 0.717) is 16.5 Å². The third-order valence-electron chi connectivity index (χ3n) is 6.52. The highest BCUT2D eigenvalue weighted by molar-refractivity contribution is 7.92. The van der Waals surface area contributed by atoms with Gasteiger partial charge in [-0.1, -0.05) is 12.1 Å². The highest BCUT2D eigenvalue weighted by Gasteiger charge is 2.42. The monoisotopic (exact) mass is 548 g/mol. The zero-order chi connectivity index (χ0) is 27.0. The molecule has 4 heterocycles. The summed E-state index contributed by atoms with van der Waals surface area (Å²) in [5.74, 6) is 1.22. The SMILES string of the molecule is COc1cc(N2C(=S)N[C@H](c3ccccn3)[C@H]2c2cc(C)n(-c3ccccn3)c2C)ccc1NS(C)(=O)=O. The summed E-state index contributed by atoms with van der Waals surface area (Å²) in [4.78, 5) is 11.2. The van der Waals surface area contributed by atoms with Gasteiger partial charge in [0.25, 0.3) is 0 Å². The van der Waals surface area contributed by atoms with Crippen LogP contribution in [0.5, 0.6) is 5.75 Å². The number of aryl methyl sites for hydroxylation is 1. The summed E-state index contributed by atoms with van der Waals surface area (Å²) in [5, 5.41) is 4.00. The van der Waals surface area contributed by atoms with Crippen molar-refractivity contribution >= 4 is 38.7 Å². The maximum atomic E-state index is 11.9. The van der Waals surface area contributed by atoms with Crippen molar-refractivity contribution in [1.82, 2.24) is 19.9 Å². The number of thiocarbonyl (C=S) groups is 1. The van der Waals surface area contributed by atoms with Gasteiger partial charge in [-0.25, -0.2) is 13.4 Å². The van der Waals surface area contributed by atoms with Crippen LogP contribution < -0.4 is 19.7 Å². The van der Waals surface area contributed by atoms with E-state index in [1.54, 1.807) is 24.5 Å². The number of nitrogens with one attached hydrogen (secondary N) is 2. The molecule has 1 saturated heterocycles. The Morgan fingerprint density at radius 1 is 1.03 bits per heavy atom. The van der Waals surface area contributed by atoms with E-state index < -0.39 is 10.0 Å². The van der Waals surface area contributed by atoms with Crippen LogP contribution in [0.3, 0.4) is 0 Å². The summed E-state index contributed by atoms with van der Waals surface area (Å²) < 4.78 is 33.9. The van der Waals surface area contributed by atoms with Crippen LogP contribution >= 0.6 is 12.2 Å². The minimum absolute atomic E-state index is 0.235. The van der Waals surface area contributed by atoms with E-state index in [4.69, 9.17) is 17.0 Å². The summed E-state index contributed by atoms with van der Waals surface area (Å²) >= 11 is 5.87. The van der Waals surface area contributed by atoms with Crippen LogP contribution in [0.2, 0.25) is 0 Å². The van der Waals surface area contributed by atoms with Crippen LogP contribution in [0.25, 0.3) is 5.82 Å². The van der Waals surface area contributed by atoms with Crippen LogP contribution in [0, 0.1) is 13.8 Å². The summed E-state index contributed by atoms with van der Waals surface area (Å²) in [5.41, 5.74) is 5.10. The molecule has 5 rings (SSSR count). The number of aromatic nitrogens is 3. The lowest BCUT2D eigenvalue weighted by molar-refractivity contribution is 0.417. The Labute approximate surface area is 227 Å². The van der Waals surface area contributed by atoms with E-state index in [1.165, 1.54) is 7.11 Å². The molecule has 0 bridgehead atoms. The quantitative estimate of drug-likeness (QED) is 0.327. The van der Waals surface area contributed by atoms with E-state index in [-0.39, 0.29) is 12.1 Å². The third kappa shape index (κ3) is 4.82. The van der Waals surface area contributed by atoms with Crippen molar-refractivity contribution in [1.29, 1.82) is 0 Å². The maximum Gasteiger partial charge on any atom is 0.229 e. The van der Waals surface area contributed by atoms with Crippen LogP contribution in [0.1, 0.15) is 34.7 Å². The van der Waals surface area contributed by atoms with Crippen molar-refractivity contribution in [2.45, 2.75) is 25.9 Å². The first kappa shape index (κ1) is 25.7. The van der Waals surface area contributed by atoms with Gasteiger partial charge in [0.2, 0.25) is 10.0 Å². The average Bonchev–Trinajstić information content (AvgIpc) is 3.39. The van der Waals surface area contributed by atoms with Crippen molar-refractivity contribution < 1.29 is 13.2 Å². The van der Waals surface area contributed by atoms with E-state index in [9.17, 15) is 8.42 Å². The zero-order valence-corrected chi connectivity index (χ0v) is 23.0. The second-order valence-corrected chi connectivity index (χ2v) is 11.2. The summed E-state index contributed by atoms with van der Waals surface area (Å²) in [7, 11) is -1.98. The van der Waals surface area contributed by atoms with Gasteiger partial charge in [-0.15, -0.1) is 0 Å². The van der Waals surface area contributed by atoms with Crippen LogP contribution in [-0.4, -0.2) is 41.4 Å². The number of anilines is 2. The van der Waals surface area contributed by atoms with Gasteiger partial charge in [0, 0.05) is 35.5 Å². The lowest BCUT2D eigenvalue weighted by atomic mass is 9.96. The lowest BCUT2D eigenvalue weighted by Gasteiger charge is -2.28. The molecule has 0 aliphatic carbocycles. The number of sulfonamides is 1. The number of hydrogen-bond acceptors (Lipinski definition) is 6. The first-order valence-electron chi connectivity index (χ1n) is 11.9. The largest absolute Gasteiger partial charge is 0.494 e. The highest BCUT2D eigenvalue weighted by Crippen LogP contribution is 2.45. The number of rotatable bonds is 7. The zero-order valence-electron chi connectivity index (χ0n) is 21.4. The van der Waals surface area contributed by atoms with Crippen LogP contribution in [0.15, 0.2) is 73.1 Å². The maximum absolute atomic E-state index is 11.9. The molecular formula is C27H28N6O3S2. The predicted molar refractivity (Wildman–Crippen MR) is 152 cm³/mol. The molecule has 38 heavy (non-hydrogen) atoms. The van der Waals surface area contributed by atoms with Crippen molar-refractivity contribution in [2.24, 2.45) is 0 Å². The number of nitrogens with zero attached hydrogens (tertiary/aromatic N) is 4. The molecular weight excluding hydrogens is 520 g/mol. The molecule has 1 aromatic carbocycles. The third-order valence-corrected chi connectivity index (χ3v) is 7.43. The Balaban J connectivity index is 1.66. The number of pyridine rings is 2. The molecule has 196 valence electrons. The molecule has 11 heteroatoms. The second-order valence-electron chi connectivity index (χ2n) is 9.11. The molecule has 1 fully saturated rings. The van der Waals surface area contributed by atoms with E-state index >= 15 is 0 Å². The van der Waals surface area contributed by atoms with Crippen LogP contribution in [0.4, 0.5) is 11.4 Å². The minimum Gasteiger partial charge on any atom is -0.494 e. The lowest BCUT2D eigenvalue weighted by Crippen LogP contribution is -2.29. The van der Waals surface area contributed by atoms with E-state index in [1.807, 2.05) is 47.4 Å². The molecule has 3 aromatic heterocycles. The van der Waals surface area contributed by atoms with Gasteiger partial charge in [0.1, 0.15) is 11.6 Å². The summed E-state index contributed by atoms with van der Waals surface area (Å²) in [6.45, 7) is 4.13. The fourth-order valence-corrected chi connectivity index (χ4v) is 5.90. The molecule has 2 N–H and O–H groups in total. The molecule has 1 aliphatic heterocycles. The summed E-state index contributed by atoms with van der Waals surface area (Å²) in [6.07, 6.45) is 4.65. The van der Waals surface area contributed by atoms with Crippen molar-refractivity contribution in [2.75, 3.05) is 23.0 Å². The number of ether oxygens (including phenoxy) is 1. The molecule has 1 aliphatic rings. The first-order chi connectivity index (χ1) is 18.2. The standard InChI is InChI=1S/C27H28N6O3S2/c1-17-15-20(18(2)32(17)24-10-6-8-14-29-24)26-25(22-9-5-7-13-28-22)30-27(37)33(26)19-11-12-21(23(16-19)36-3)31-38(4,34)35/h5-16,25-26,31H,1-4H3,(H,30,37)/t25-,26-/m1/s1. The Morgan fingerprint density at radius 3 is 2.39 bits per heavy atom. The van der Waals surface area contributed by atoms with Crippen LogP contribution in [-0.2, 0) is 10.0 Å². The van der Waals surface area contributed by atoms with Gasteiger partial charge in [-0.05, 0) is 74.1 Å². The van der Waals surface area contributed by atoms with Gasteiger partial charge in [0.15, 0.2) is 5.11 Å². The Bertz CT molecular complexity index is 1590. The second kappa shape index (κ2) is 10.1. The van der Waals surface area contributed by atoms with Crippen molar-refractivity contribution in [3.8, 4) is 11.6 Å². The smallest absolute Gasteiger partial charge is 0.229 e. The topological polar surface area (TPSA) is 101 Å². The van der Waals surface area contributed by atoms with Crippen molar-refractivity contribution in [3.05, 3.63) is 95.7 Å². The predicted octanol–water partition coefficient (Wildman–Crippen LogP) is 4.44. The van der Waals surface area contributed by atoms with Gasteiger partial charge in [-0.3, -0.25) is 9.71 Å². The molecule has 0 amide bonds. The highest BCUT2D eigenvalue weighted by atomic mass is 32.2. The Hall–Kier alpha value is -3.96. The summed E-state index contributed by atoms with van der Waals surface area (Å²) in [6, 6.07) is 18.6. The number of hydrogen-bond donors (Lipinski definition) is 2. The first-order valence-corrected chi connectivity index (χ1v) is 14.2. The van der Waals surface area contributed by atoms with Crippen molar-refractivity contribution in [3.63, 3.8) is 0 Å². The molecule has 4 aromatic rings. The van der Waals surface area contributed by atoms with Gasteiger partial charge < -0.3 is 19.5 Å². The molecule has 0 saturated carbocycles. The van der Waals surface area contributed by atoms with E-state index in [2.05, 4.69) is 44.5 Å². The molecule has 2 atom stereocenters. The Kier molecular flexibility index (Phi) is 6.80. The normalized spacial score (nSPS) is 17.4. The fourth-order valence-electron chi connectivity index (χ4n) is 4.99. The molecule has 0 spiro atoms. The van der Waals surface area contributed by atoms with Gasteiger partial charge in [-0.2, -0.15) is 0 Å². The average molecular weight is 549 g/mol. The Morgan fingerprint density at radius 2 is 1.76 bits per heavy atom. The number of benzene rings is 1. The van der Waals surface area contributed by atoms with Gasteiger partial charge in [0.05, 0.1) is 36.8 Å². The molecule has 0 unspecified atom stereocenters. The minimum atomic E-state index is -3.48. The molecule has 0 radical (unpaired) electrons. The molecule has 9 nitrogen and oxygen atoms in total. The fraction of sp³-hybridized carbons (Fsp3) is 0.222. The number of methoxy groups -OCH3 is 1. The van der Waals surface area contributed by atoms with E-state index in [0.717, 1.165) is 40.4 Å².